The van der Waals surface area contributed by atoms with Gasteiger partial charge in [0.25, 0.3) is 0 Å². The predicted molar refractivity (Wildman–Crippen MR) is 125 cm³/mol. The SMILES string of the molecule is CC(C)(C)OC(=O)N1CCC2(CC1)CC(N1CCC(S(=O)(=O)c3ccc(N)cc3)CC1)C2. The van der Waals surface area contributed by atoms with Crippen molar-refractivity contribution in [3.8, 4) is 0 Å². The van der Waals surface area contributed by atoms with E-state index in [2.05, 4.69) is 4.90 Å². The molecule has 0 atom stereocenters. The molecule has 3 fully saturated rings. The topological polar surface area (TPSA) is 92.9 Å². The van der Waals surface area contributed by atoms with E-state index in [1.165, 1.54) is 0 Å². The molecule has 2 aliphatic heterocycles. The fourth-order valence-corrected chi connectivity index (χ4v) is 7.23. The van der Waals surface area contributed by atoms with Crippen LogP contribution in [0.15, 0.2) is 29.2 Å². The van der Waals surface area contributed by atoms with E-state index >= 15 is 0 Å². The van der Waals surface area contributed by atoms with Crippen LogP contribution in [0.5, 0.6) is 0 Å². The first kappa shape index (κ1) is 23.4. The number of hydrogen-bond donors (Lipinski definition) is 1. The number of rotatable bonds is 3. The van der Waals surface area contributed by atoms with Gasteiger partial charge in [-0.25, -0.2) is 13.2 Å². The van der Waals surface area contributed by atoms with Crippen molar-refractivity contribution in [3.63, 3.8) is 0 Å². The first-order chi connectivity index (χ1) is 15.0. The van der Waals surface area contributed by atoms with Crippen LogP contribution < -0.4 is 5.73 Å². The van der Waals surface area contributed by atoms with Crippen molar-refractivity contribution in [2.45, 2.75) is 81.1 Å². The van der Waals surface area contributed by atoms with Crippen molar-refractivity contribution >= 4 is 21.6 Å². The molecular formula is C24H37N3O4S. The van der Waals surface area contributed by atoms with E-state index < -0.39 is 15.4 Å². The van der Waals surface area contributed by atoms with Crippen LogP contribution in [0.25, 0.3) is 0 Å². The summed E-state index contributed by atoms with van der Waals surface area (Å²) in [4.78, 5) is 17.0. The Labute approximate surface area is 192 Å². The number of carbonyl (C=O) groups is 1. The van der Waals surface area contributed by atoms with Gasteiger partial charge < -0.3 is 20.3 Å². The molecule has 0 radical (unpaired) electrons. The molecule has 7 nitrogen and oxygen atoms in total. The molecule has 4 rings (SSSR count). The van der Waals surface area contributed by atoms with Crippen LogP contribution >= 0.6 is 0 Å². The molecule has 1 aromatic carbocycles. The molecule has 1 amide bonds. The summed E-state index contributed by atoms with van der Waals surface area (Å²) in [5.74, 6) is 0. The Hall–Kier alpha value is -1.80. The van der Waals surface area contributed by atoms with Crippen LogP contribution in [-0.2, 0) is 14.6 Å². The third-order valence-electron chi connectivity index (χ3n) is 7.45. The number of nitrogen functional groups attached to an aromatic ring is 1. The summed E-state index contributed by atoms with van der Waals surface area (Å²) in [6, 6.07) is 7.10. The lowest BCUT2D eigenvalue weighted by molar-refractivity contribution is -0.0516. The highest BCUT2D eigenvalue weighted by Crippen LogP contribution is 2.51. The molecule has 1 aromatic rings. The molecule has 0 unspecified atom stereocenters. The number of benzene rings is 1. The monoisotopic (exact) mass is 463 g/mol. The average molecular weight is 464 g/mol. The van der Waals surface area contributed by atoms with Crippen LogP contribution in [0, 0.1) is 5.41 Å². The standard InChI is InChI=1S/C24H37N3O4S/c1-23(2,3)31-22(28)27-14-10-24(11-15-27)16-19(17-24)26-12-8-21(9-13-26)32(29,30)20-6-4-18(25)5-7-20/h4-7,19,21H,8-17,25H2,1-3H3. The number of anilines is 1. The second-order valence-electron chi connectivity index (χ2n) is 10.9. The van der Waals surface area contributed by atoms with E-state index in [4.69, 9.17) is 10.5 Å². The molecule has 8 heteroatoms. The Balaban J connectivity index is 1.24. The van der Waals surface area contributed by atoms with Crippen molar-refractivity contribution in [2.75, 3.05) is 31.9 Å². The van der Waals surface area contributed by atoms with Crippen molar-refractivity contribution in [1.29, 1.82) is 0 Å². The first-order valence-corrected chi connectivity index (χ1v) is 13.3. The summed E-state index contributed by atoms with van der Waals surface area (Å²) in [7, 11) is -3.30. The van der Waals surface area contributed by atoms with Crippen LogP contribution in [0.2, 0.25) is 0 Å². The van der Waals surface area contributed by atoms with Gasteiger partial charge in [-0.15, -0.1) is 0 Å². The van der Waals surface area contributed by atoms with E-state index in [-0.39, 0.29) is 11.3 Å². The van der Waals surface area contributed by atoms with E-state index in [9.17, 15) is 13.2 Å². The maximum atomic E-state index is 13.0. The van der Waals surface area contributed by atoms with Crippen LogP contribution in [0.4, 0.5) is 10.5 Å². The van der Waals surface area contributed by atoms with Gasteiger partial charge in [0, 0.05) is 24.8 Å². The fraction of sp³-hybridized carbons (Fsp3) is 0.708. The molecular weight excluding hydrogens is 426 g/mol. The van der Waals surface area contributed by atoms with Crippen molar-refractivity contribution in [1.82, 2.24) is 9.80 Å². The fourth-order valence-electron chi connectivity index (χ4n) is 5.50. The van der Waals surface area contributed by atoms with Gasteiger partial charge in [-0.1, -0.05) is 0 Å². The molecule has 1 saturated carbocycles. The van der Waals surface area contributed by atoms with Crippen LogP contribution in [-0.4, -0.2) is 67.4 Å². The van der Waals surface area contributed by atoms with Gasteiger partial charge in [-0.2, -0.15) is 0 Å². The molecule has 0 bridgehead atoms. The molecule has 1 spiro atoms. The number of nitrogens with zero attached hydrogens (tertiary/aromatic N) is 2. The van der Waals surface area contributed by atoms with Gasteiger partial charge in [-0.05, 0) is 102 Å². The van der Waals surface area contributed by atoms with Gasteiger partial charge >= 0.3 is 6.09 Å². The molecule has 2 saturated heterocycles. The summed E-state index contributed by atoms with van der Waals surface area (Å²) in [5.41, 5.74) is 6.16. The van der Waals surface area contributed by atoms with E-state index in [1.54, 1.807) is 24.3 Å². The number of piperidine rings is 2. The third-order valence-corrected chi connectivity index (χ3v) is 9.73. The summed E-state index contributed by atoms with van der Waals surface area (Å²) in [6.07, 6.45) is 5.54. The number of sulfone groups is 1. The normalized spacial score (nSPS) is 23.2. The lowest BCUT2D eigenvalue weighted by Crippen LogP contribution is -2.57. The predicted octanol–water partition coefficient (Wildman–Crippen LogP) is 3.69. The van der Waals surface area contributed by atoms with Gasteiger partial charge in [0.15, 0.2) is 9.84 Å². The zero-order chi connectivity index (χ0) is 23.1. The summed E-state index contributed by atoms with van der Waals surface area (Å²) in [5, 5.41) is -0.312. The highest BCUT2D eigenvalue weighted by Gasteiger charge is 2.49. The largest absolute Gasteiger partial charge is 0.444 e. The zero-order valence-electron chi connectivity index (χ0n) is 19.5. The van der Waals surface area contributed by atoms with Crippen LogP contribution in [0.1, 0.15) is 59.3 Å². The number of ether oxygens (including phenoxy) is 1. The maximum absolute atomic E-state index is 13.0. The summed E-state index contributed by atoms with van der Waals surface area (Å²) >= 11 is 0. The molecule has 3 aliphatic rings. The Morgan fingerprint density at radius 3 is 2.12 bits per heavy atom. The van der Waals surface area contributed by atoms with Crippen molar-refractivity contribution in [3.05, 3.63) is 24.3 Å². The van der Waals surface area contributed by atoms with E-state index in [0.717, 1.165) is 51.9 Å². The quantitative estimate of drug-likeness (QED) is 0.688. The van der Waals surface area contributed by atoms with E-state index in [1.807, 2.05) is 25.7 Å². The smallest absolute Gasteiger partial charge is 0.410 e. The maximum Gasteiger partial charge on any atom is 0.410 e. The second kappa shape index (κ2) is 8.52. The van der Waals surface area contributed by atoms with Gasteiger partial charge in [0.05, 0.1) is 10.1 Å². The van der Waals surface area contributed by atoms with Gasteiger partial charge in [0.2, 0.25) is 0 Å². The summed E-state index contributed by atoms with van der Waals surface area (Å²) in [6.45, 7) is 8.91. The minimum absolute atomic E-state index is 0.201. The second-order valence-corrected chi connectivity index (χ2v) is 13.1. The molecule has 1 aliphatic carbocycles. The minimum atomic E-state index is -3.30. The van der Waals surface area contributed by atoms with Gasteiger partial charge in [-0.3, -0.25) is 0 Å². The average Bonchev–Trinajstić information content (AvgIpc) is 2.71. The molecule has 178 valence electrons. The Morgan fingerprint density at radius 2 is 1.59 bits per heavy atom. The number of hydrogen-bond acceptors (Lipinski definition) is 6. The third kappa shape index (κ3) is 4.91. The summed E-state index contributed by atoms with van der Waals surface area (Å²) < 4.78 is 31.5. The van der Waals surface area contributed by atoms with Gasteiger partial charge in [0.1, 0.15) is 5.60 Å². The Kier molecular flexibility index (Phi) is 6.22. The number of likely N-dealkylation sites (tertiary alicyclic amines) is 2. The zero-order valence-corrected chi connectivity index (χ0v) is 20.4. The lowest BCUT2D eigenvalue weighted by Gasteiger charge is -2.56. The van der Waals surface area contributed by atoms with Crippen molar-refractivity contribution < 1.29 is 17.9 Å². The molecule has 32 heavy (non-hydrogen) atoms. The van der Waals surface area contributed by atoms with Crippen molar-refractivity contribution in [2.24, 2.45) is 5.41 Å². The Morgan fingerprint density at radius 1 is 1.03 bits per heavy atom. The first-order valence-electron chi connectivity index (χ1n) is 11.8. The number of nitrogens with two attached hydrogens (primary N) is 1. The minimum Gasteiger partial charge on any atom is -0.444 e. The number of carbonyl (C=O) groups excluding carboxylic acids is 1. The number of amides is 1. The Bertz CT molecular complexity index is 915. The lowest BCUT2D eigenvalue weighted by atomic mass is 9.60. The highest BCUT2D eigenvalue weighted by molar-refractivity contribution is 7.92. The molecule has 0 aromatic heterocycles. The highest BCUT2D eigenvalue weighted by atomic mass is 32.2. The molecule has 2 heterocycles. The molecule has 2 N–H and O–H groups in total. The van der Waals surface area contributed by atoms with Crippen LogP contribution in [0.3, 0.4) is 0 Å². The van der Waals surface area contributed by atoms with E-state index in [0.29, 0.717) is 34.9 Å².